The summed E-state index contributed by atoms with van der Waals surface area (Å²) in [6.07, 6.45) is 1.73. The standard InChI is InChI=1S/C27H39N3O4S/c1-20-15-25(33-6)16-21(2)27(20)35(32)29(5)13-14-34-19-26(31)30-11-9-23-8-7-22(18-28(3)4)17-24(23)10-12-30/h7-8,15-17H,9-14,18-19H2,1-6H3. The van der Waals surface area contributed by atoms with Gasteiger partial charge in [0.25, 0.3) is 0 Å². The fourth-order valence-corrected chi connectivity index (χ4v) is 5.70. The Hall–Kier alpha value is -2.26. The molecule has 0 bridgehead atoms. The van der Waals surface area contributed by atoms with Crippen molar-refractivity contribution in [3.63, 3.8) is 0 Å². The van der Waals surface area contributed by atoms with Gasteiger partial charge in [0, 0.05) is 33.2 Å². The van der Waals surface area contributed by atoms with Gasteiger partial charge in [0.2, 0.25) is 5.91 Å². The van der Waals surface area contributed by atoms with Crippen LogP contribution in [-0.2, 0) is 39.9 Å². The van der Waals surface area contributed by atoms with Crippen molar-refractivity contribution in [1.29, 1.82) is 0 Å². The number of ether oxygens (including phenoxy) is 2. The number of methoxy groups -OCH3 is 1. The maximum absolute atomic E-state index is 13.1. The van der Waals surface area contributed by atoms with Crippen molar-refractivity contribution in [2.75, 3.05) is 61.1 Å². The number of rotatable bonds is 10. The van der Waals surface area contributed by atoms with Gasteiger partial charge in [-0.2, -0.15) is 0 Å². The van der Waals surface area contributed by atoms with Crippen molar-refractivity contribution in [2.24, 2.45) is 0 Å². The van der Waals surface area contributed by atoms with E-state index in [1.807, 2.05) is 30.9 Å². The molecule has 0 saturated heterocycles. The lowest BCUT2D eigenvalue weighted by Gasteiger charge is -2.21. The Kier molecular flexibility index (Phi) is 9.86. The summed E-state index contributed by atoms with van der Waals surface area (Å²) in [4.78, 5) is 17.6. The van der Waals surface area contributed by atoms with Crippen molar-refractivity contribution in [3.8, 4) is 5.75 Å². The molecule has 0 aromatic heterocycles. The number of likely N-dealkylation sites (N-methyl/N-ethyl adjacent to an activating group) is 1. The molecule has 0 saturated carbocycles. The van der Waals surface area contributed by atoms with Gasteiger partial charge in [-0.25, -0.2) is 8.51 Å². The summed E-state index contributed by atoms with van der Waals surface area (Å²) in [5, 5.41) is 0. The van der Waals surface area contributed by atoms with E-state index >= 15 is 0 Å². The number of nitrogens with zero attached hydrogens (tertiary/aromatic N) is 3. The minimum atomic E-state index is -1.31. The minimum absolute atomic E-state index is 0.0111. The van der Waals surface area contributed by atoms with Gasteiger partial charge in [-0.05, 0) is 80.7 Å². The van der Waals surface area contributed by atoms with Crippen LogP contribution in [0.1, 0.15) is 27.8 Å². The fraction of sp³-hybridized carbons (Fsp3) is 0.519. The Labute approximate surface area is 212 Å². The highest BCUT2D eigenvalue weighted by Gasteiger charge is 2.20. The molecule has 0 aliphatic carbocycles. The molecule has 1 heterocycles. The summed E-state index contributed by atoms with van der Waals surface area (Å²) >= 11 is 0. The van der Waals surface area contributed by atoms with Gasteiger partial charge < -0.3 is 19.3 Å². The Morgan fingerprint density at radius 2 is 1.69 bits per heavy atom. The van der Waals surface area contributed by atoms with E-state index in [2.05, 4.69) is 37.2 Å². The molecule has 0 spiro atoms. The molecule has 1 aliphatic rings. The lowest BCUT2D eigenvalue weighted by molar-refractivity contribution is -0.136. The van der Waals surface area contributed by atoms with E-state index in [0.717, 1.165) is 41.2 Å². The second-order valence-corrected chi connectivity index (χ2v) is 11.0. The van der Waals surface area contributed by atoms with Crippen LogP contribution in [0, 0.1) is 13.8 Å². The van der Waals surface area contributed by atoms with Gasteiger partial charge in [-0.1, -0.05) is 18.2 Å². The lowest BCUT2D eigenvalue weighted by atomic mass is 10.00. The number of carbonyl (C=O) groups is 1. The van der Waals surface area contributed by atoms with Crippen LogP contribution < -0.4 is 4.74 Å². The Morgan fingerprint density at radius 1 is 1.03 bits per heavy atom. The zero-order valence-corrected chi connectivity index (χ0v) is 22.7. The number of hydrogen-bond acceptors (Lipinski definition) is 5. The molecule has 1 aliphatic heterocycles. The first-order chi connectivity index (χ1) is 16.7. The quantitative estimate of drug-likeness (QED) is 0.469. The predicted octanol–water partition coefficient (Wildman–Crippen LogP) is 2.97. The monoisotopic (exact) mass is 501 g/mol. The van der Waals surface area contributed by atoms with Gasteiger partial charge in [0.15, 0.2) is 0 Å². The van der Waals surface area contributed by atoms with Gasteiger partial charge in [0.05, 0.1) is 18.6 Å². The van der Waals surface area contributed by atoms with Crippen molar-refractivity contribution < 1.29 is 18.5 Å². The zero-order valence-electron chi connectivity index (χ0n) is 21.9. The largest absolute Gasteiger partial charge is 0.497 e. The minimum Gasteiger partial charge on any atom is -0.497 e. The molecule has 192 valence electrons. The molecular weight excluding hydrogens is 462 g/mol. The first kappa shape index (κ1) is 27.3. The third kappa shape index (κ3) is 7.36. The second kappa shape index (κ2) is 12.6. The first-order valence-electron chi connectivity index (χ1n) is 12.1. The molecule has 2 aromatic carbocycles. The highest BCUT2D eigenvalue weighted by molar-refractivity contribution is 7.82. The molecule has 7 nitrogen and oxygen atoms in total. The summed E-state index contributed by atoms with van der Waals surface area (Å²) in [6, 6.07) is 10.5. The predicted molar refractivity (Wildman–Crippen MR) is 140 cm³/mol. The molecule has 2 aromatic rings. The van der Waals surface area contributed by atoms with E-state index in [0.29, 0.717) is 26.2 Å². The molecule has 0 fully saturated rings. The van der Waals surface area contributed by atoms with Crippen LogP contribution in [0.25, 0.3) is 0 Å². The van der Waals surface area contributed by atoms with E-state index in [4.69, 9.17) is 9.47 Å². The molecule has 1 unspecified atom stereocenters. The average Bonchev–Trinajstić information content (AvgIpc) is 3.02. The van der Waals surface area contributed by atoms with Crippen LogP contribution in [0.5, 0.6) is 5.75 Å². The van der Waals surface area contributed by atoms with Crippen LogP contribution >= 0.6 is 0 Å². The lowest BCUT2D eigenvalue weighted by Crippen LogP contribution is -2.36. The van der Waals surface area contributed by atoms with Gasteiger partial charge in [0.1, 0.15) is 23.3 Å². The molecule has 0 N–H and O–H groups in total. The van der Waals surface area contributed by atoms with E-state index in [1.165, 1.54) is 16.7 Å². The van der Waals surface area contributed by atoms with Crippen LogP contribution in [0.15, 0.2) is 35.2 Å². The van der Waals surface area contributed by atoms with Crippen LogP contribution in [0.2, 0.25) is 0 Å². The van der Waals surface area contributed by atoms with Crippen molar-refractivity contribution >= 4 is 16.9 Å². The molecule has 8 heteroatoms. The van der Waals surface area contributed by atoms with Crippen molar-refractivity contribution in [2.45, 2.75) is 38.1 Å². The number of amides is 1. The normalized spacial score (nSPS) is 14.7. The van der Waals surface area contributed by atoms with Crippen LogP contribution in [0.4, 0.5) is 0 Å². The molecular formula is C27H39N3O4S. The van der Waals surface area contributed by atoms with Crippen molar-refractivity contribution in [1.82, 2.24) is 14.1 Å². The SMILES string of the molecule is COc1cc(C)c(S(=O)N(C)CCOCC(=O)N2CCc3ccc(CN(C)C)cc3CC2)c(C)c1. The molecule has 1 amide bonds. The smallest absolute Gasteiger partial charge is 0.248 e. The summed E-state index contributed by atoms with van der Waals surface area (Å²) in [7, 11) is 6.27. The second-order valence-electron chi connectivity index (χ2n) is 9.47. The number of aryl methyl sites for hydroxylation is 2. The highest BCUT2D eigenvalue weighted by atomic mass is 32.2. The summed E-state index contributed by atoms with van der Waals surface area (Å²) < 4.78 is 25.8. The van der Waals surface area contributed by atoms with E-state index in [9.17, 15) is 9.00 Å². The van der Waals surface area contributed by atoms with E-state index < -0.39 is 11.0 Å². The van der Waals surface area contributed by atoms with Gasteiger partial charge in [-0.3, -0.25) is 4.79 Å². The Balaban J connectivity index is 1.46. The number of fused-ring (bicyclic) bond motifs is 1. The van der Waals surface area contributed by atoms with Crippen LogP contribution in [0.3, 0.4) is 0 Å². The summed E-state index contributed by atoms with van der Waals surface area (Å²) in [6.45, 7) is 7.06. The molecule has 35 heavy (non-hydrogen) atoms. The van der Waals surface area contributed by atoms with Crippen molar-refractivity contribution in [3.05, 3.63) is 58.1 Å². The zero-order chi connectivity index (χ0) is 25.5. The van der Waals surface area contributed by atoms with E-state index in [-0.39, 0.29) is 12.5 Å². The maximum atomic E-state index is 13.1. The highest BCUT2D eigenvalue weighted by Crippen LogP contribution is 2.25. The Bertz CT molecular complexity index is 1030. The summed E-state index contributed by atoms with van der Waals surface area (Å²) in [5.74, 6) is 0.771. The molecule has 1 atom stereocenters. The average molecular weight is 502 g/mol. The third-order valence-electron chi connectivity index (χ3n) is 6.33. The number of benzene rings is 2. The summed E-state index contributed by atoms with van der Waals surface area (Å²) in [5.41, 5.74) is 5.84. The van der Waals surface area contributed by atoms with Crippen LogP contribution in [-0.4, -0.2) is 85.3 Å². The first-order valence-corrected chi connectivity index (χ1v) is 13.2. The number of carbonyl (C=O) groups excluding carboxylic acids is 1. The number of hydrogen-bond donors (Lipinski definition) is 0. The van der Waals surface area contributed by atoms with E-state index in [1.54, 1.807) is 18.5 Å². The van der Waals surface area contributed by atoms with Gasteiger partial charge in [-0.15, -0.1) is 0 Å². The van der Waals surface area contributed by atoms with Gasteiger partial charge >= 0.3 is 0 Å². The topological polar surface area (TPSA) is 62.3 Å². The molecule has 0 radical (unpaired) electrons. The maximum Gasteiger partial charge on any atom is 0.248 e. The fourth-order valence-electron chi connectivity index (χ4n) is 4.48. The molecule has 3 rings (SSSR count). The third-order valence-corrected chi connectivity index (χ3v) is 8.07. The Morgan fingerprint density at radius 3 is 2.31 bits per heavy atom.